The van der Waals surface area contributed by atoms with E-state index < -0.39 is 16.0 Å². The van der Waals surface area contributed by atoms with Gasteiger partial charge in [-0.2, -0.15) is 10.4 Å². The smallest absolute Gasteiger partial charge is 0.335 e. The summed E-state index contributed by atoms with van der Waals surface area (Å²) in [6.45, 7) is -0.0254. The molecule has 0 amide bonds. The second-order valence-corrected chi connectivity index (χ2v) is 7.82. The maximum Gasteiger partial charge on any atom is 0.335 e. The molecule has 0 bridgehead atoms. The van der Waals surface area contributed by atoms with E-state index in [1.165, 1.54) is 36.4 Å². The minimum Gasteiger partial charge on any atom is -0.478 e. The van der Waals surface area contributed by atoms with Crippen molar-refractivity contribution in [2.45, 2.75) is 11.4 Å². The monoisotopic (exact) mass is 396 g/mol. The quantitative estimate of drug-likeness (QED) is 0.684. The second-order valence-electron chi connectivity index (χ2n) is 5.99. The zero-order chi connectivity index (χ0) is 20.3. The third-order valence-corrected chi connectivity index (χ3v) is 5.89. The van der Waals surface area contributed by atoms with Gasteiger partial charge in [-0.1, -0.05) is 12.1 Å². The lowest BCUT2D eigenvalue weighted by Crippen LogP contribution is -2.31. The normalized spacial score (nSPS) is 11.0. The van der Waals surface area contributed by atoms with Crippen LogP contribution in [-0.2, 0) is 23.6 Å². The molecule has 9 heteroatoms. The van der Waals surface area contributed by atoms with Gasteiger partial charge in [0.25, 0.3) is 10.0 Å². The van der Waals surface area contributed by atoms with Crippen LogP contribution in [0.15, 0.2) is 65.8 Å². The number of aromatic nitrogens is 2. The van der Waals surface area contributed by atoms with Crippen LogP contribution in [0.1, 0.15) is 21.5 Å². The number of carboxylic acid groups (broad SMARTS) is 1. The Hall–Kier alpha value is -3.64. The van der Waals surface area contributed by atoms with E-state index in [-0.39, 0.29) is 28.3 Å². The zero-order valence-electron chi connectivity index (χ0n) is 14.8. The lowest BCUT2D eigenvalue weighted by Gasteiger charge is -2.24. The summed E-state index contributed by atoms with van der Waals surface area (Å²) in [6, 6.07) is 13.3. The first-order valence-electron chi connectivity index (χ1n) is 8.15. The summed E-state index contributed by atoms with van der Waals surface area (Å²) in [5.41, 5.74) is 0.991. The Balaban J connectivity index is 2.12. The summed E-state index contributed by atoms with van der Waals surface area (Å²) in [5, 5.41) is 22.4. The Morgan fingerprint density at radius 1 is 1.21 bits per heavy atom. The van der Waals surface area contributed by atoms with E-state index in [0.29, 0.717) is 5.56 Å². The number of carbonyl (C=O) groups is 1. The molecule has 1 N–H and O–H groups in total. The van der Waals surface area contributed by atoms with E-state index in [9.17, 15) is 18.5 Å². The average molecular weight is 396 g/mol. The standard InChI is InChI=1S/C19H16N4O4S/c1-22-12-14(11-21-22)13-23(17-8-6-15(7-9-17)19(24)25)28(26,27)18-5-3-2-4-16(18)10-20/h2-9,11-12H,13H2,1H3,(H,24,25). The Morgan fingerprint density at radius 2 is 1.89 bits per heavy atom. The van der Waals surface area contributed by atoms with Gasteiger partial charge in [0, 0.05) is 18.8 Å². The molecule has 3 rings (SSSR count). The predicted octanol–water partition coefficient (Wildman–Crippen LogP) is 2.39. The molecule has 0 aliphatic carbocycles. The van der Waals surface area contributed by atoms with E-state index in [2.05, 4.69) is 5.10 Å². The fraction of sp³-hybridized carbons (Fsp3) is 0.105. The first-order valence-corrected chi connectivity index (χ1v) is 9.59. The summed E-state index contributed by atoms with van der Waals surface area (Å²) < 4.78 is 29.4. The van der Waals surface area contributed by atoms with Gasteiger partial charge in [-0.05, 0) is 36.4 Å². The number of aromatic carboxylic acids is 1. The number of aryl methyl sites for hydroxylation is 1. The van der Waals surface area contributed by atoms with E-state index in [1.54, 1.807) is 36.3 Å². The number of carboxylic acids is 1. The van der Waals surface area contributed by atoms with Crippen LogP contribution in [0.5, 0.6) is 0 Å². The van der Waals surface area contributed by atoms with Gasteiger partial charge in [-0.15, -0.1) is 0 Å². The summed E-state index contributed by atoms with van der Waals surface area (Å²) >= 11 is 0. The summed E-state index contributed by atoms with van der Waals surface area (Å²) in [4.78, 5) is 11.0. The molecule has 0 aliphatic heterocycles. The molecule has 8 nitrogen and oxygen atoms in total. The fourth-order valence-corrected chi connectivity index (χ4v) is 4.31. The van der Waals surface area contributed by atoms with Crippen LogP contribution in [0.3, 0.4) is 0 Å². The molecule has 0 saturated carbocycles. The molecule has 0 fully saturated rings. The van der Waals surface area contributed by atoms with Crippen LogP contribution < -0.4 is 4.31 Å². The molecule has 0 spiro atoms. The predicted molar refractivity (Wildman–Crippen MR) is 101 cm³/mol. The molecule has 0 aliphatic rings. The minimum atomic E-state index is -4.09. The number of sulfonamides is 1. The lowest BCUT2D eigenvalue weighted by atomic mass is 10.2. The largest absolute Gasteiger partial charge is 0.478 e. The van der Waals surface area contributed by atoms with Crippen molar-refractivity contribution in [1.29, 1.82) is 5.26 Å². The highest BCUT2D eigenvalue weighted by atomic mass is 32.2. The van der Waals surface area contributed by atoms with Crippen molar-refractivity contribution in [2.24, 2.45) is 7.05 Å². The van der Waals surface area contributed by atoms with Crippen LogP contribution in [0, 0.1) is 11.3 Å². The van der Waals surface area contributed by atoms with E-state index in [4.69, 9.17) is 5.11 Å². The number of rotatable bonds is 6. The third-order valence-electron chi connectivity index (χ3n) is 4.06. The highest BCUT2D eigenvalue weighted by Crippen LogP contribution is 2.28. The Bertz CT molecular complexity index is 1160. The number of hydrogen-bond acceptors (Lipinski definition) is 5. The minimum absolute atomic E-state index is 0.0254. The first kappa shape index (κ1) is 19.1. The van der Waals surface area contributed by atoms with Crippen LogP contribution in [0.25, 0.3) is 0 Å². The van der Waals surface area contributed by atoms with E-state index in [1.807, 2.05) is 6.07 Å². The lowest BCUT2D eigenvalue weighted by molar-refractivity contribution is 0.0697. The van der Waals surface area contributed by atoms with Gasteiger partial charge < -0.3 is 5.11 Å². The molecule has 0 unspecified atom stereocenters. The van der Waals surface area contributed by atoms with Gasteiger partial charge in [0.15, 0.2) is 0 Å². The van der Waals surface area contributed by atoms with Crippen molar-refractivity contribution < 1.29 is 18.3 Å². The molecule has 0 radical (unpaired) electrons. The van der Waals surface area contributed by atoms with Crippen LogP contribution in [0.4, 0.5) is 5.69 Å². The molecule has 28 heavy (non-hydrogen) atoms. The van der Waals surface area contributed by atoms with Gasteiger partial charge in [0.1, 0.15) is 11.0 Å². The Kier molecular flexibility index (Phi) is 5.15. The molecule has 142 valence electrons. The van der Waals surface area contributed by atoms with Gasteiger partial charge in [-0.25, -0.2) is 13.2 Å². The third kappa shape index (κ3) is 3.72. The maximum absolute atomic E-state index is 13.4. The fourth-order valence-electron chi connectivity index (χ4n) is 2.71. The molecule has 2 aromatic carbocycles. The topological polar surface area (TPSA) is 116 Å². The molecule has 0 atom stereocenters. The van der Waals surface area contributed by atoms with Gasteiger partial charge in [-0.3, -0.25) is 8.99 Å². The van der Waals surface area contributed by atoms with Crippen molar-refractivity contribution in [3.05, 3.63) is 77.6 Å². The summed E-state index contributed by atoms with van der Waals surface area (Å²) in [5.74, 6) is -1.11. The Labute approximate surface area is 161 Å². The van der Waals surface area contributed by atoms with Crippen LogP contribution >= 0.6 is 0 Å². The first-order chi connectivity index (χ1) is 13.3. The second kappa shape index (κ2) is 7.54. The van der Waals surface area contributed by atoms with E-state index in [0.717, 1.165) is 4.31 Å². The Morgan fingerprint density at radius 3 is 2.46 bits per heavy atom. The number of anilines is 1. The molecule has 1 heterocycles. The molecular formula is C19H16N4O4S. The number of benzene rings is 2. The average Bonchev–Trinajstić information content (AvgIpc) is 3.11. The summed E-state index contributed by atoms with van der Waals surface area (Å²) in [6.07, 6.45) is 3.23. The SMILES string of the molecule is Cn1cc(CN(c2ccc(C(=O)O)cc2)S(=O)(=O)c2ccccc2C#N)cn1. The van der Waals surface area contributed by atoms with Crippen molar-refractivity contribution in [3.8, 4) is 6.07 Å². The highest BCUT2D eigenvalue weighted by molar-refractivity contribution is 7.92. The van der Waals surface area contributed by atoms with Crippen molar-refractivity contribution in [3.63, 3.8) is 0 Å². The van der Waals surface area contributed by atoms with Crippen molar-refractivity contribution in [2.75, 3.05) is 4.31 Å². The number of hydrogen-bond donors (Lipinski definition) is 1. The van der Waals surface area contributed by atoms with Crippen LogP contribution in [-0.4, -0.2) is 29.3 Å². The van der Waals surface area contributed by atoms with Gasteiger partial charge in [0.05, 0.1) is 29.6 Å². The maximum atomic E-state index is 13.4. The highest BCUT2D eigenvalue weighted by Gasteiger charge is 2.28. The van der Waals surface area contributed by atoms with Gasteiger partial charge in [0.2, 0.25) is 0 Å². The zero-order valence-corrected chi connectivity index (χ0v) is 15.7. The van der Waals surface area contributed by atoms with Gasteiger partial charge >= 0.3 is 5.97 Å². The molecule has 0 saturated heterocycles. The number of nitriles is 1. The summed E-state index contributed by atoms with van der Waals surface area (Å²) in [7, 11) is -2.38. The molecule has 1 aromatic heterocycles. The number of nitrogens with zero attached hydrogens (tertiary/aromatic N) is 4. The molecule has 3 aromatic rings. The molecular weight excluding hydrogens is 380 g/mol. The van der Waals surface area contributed by atoms with Crippen molar-refractivity contribution in [1.82, 2.24) is 9.78 Å². The van der Waals surface area contributed by atoms with E-state index >= 15 is 0 Å². The van der Waals surface area contributed by atoms with Crippen LogP contribution in [0.2, 0.25) is 0 Å². The van der Waals surface area contributed by atoms with Crippen molar-refractivity contribution >= 4 is 21.7 Å².